The van der Waals surface area contributed by atoms with Crippen LogP contribution in [-0.4, -0.2) is 5.78 Å². The summed E-state index contributed by atoms with van der Waals surface area (Å²) < 4.78 is 13.8. The lowest BCUT2D eigenvalue weighted by molar-refractivity contribution is 0.104. The van der Waals surface area contributed by atoms with E-state index in [9.17, 15) is 9.18 Å². The smallest absolute Gasteiger partial charge is 0.188 e. The van der Waals surface area contributed by atoms with Crippen LogP contribution in [0.2, 0.25) is 5.02 Å². The van der Waals surface area contributed by atoms with Crippen LogP contribution in [0.25, 0.3) is 5.83 Å². The van der Waals surface area contributed by atoms with Crippen LogP contribution in [0.15, 0.2) is 60.7 Å². The van der Waals surface area contributed by atoms with Crippen LogP contribution in [0.5, 0.6) is 0 Å². The number of allylic oxidation sites excluding steroid dienone is 1. The van der Waals surface area contributed by atoms with Crippen LogP contribution in [0.4, 0.5) is 4.39 Å². The summed E-state index contributed by atoms with van der Waals surface area (Å²) in [6.07, 6.45) is 0.985. The zero-order chi connectivity index (χ0) is 13.0. The average molecular weight is 261 g/mol. The summed E-state index contributed by atoms with van der Waals surface area (Å²) in [6.45, 7) is 0. The maximum Gasteiger partial charge on any atom is 0.188 e. The second-order valence-corrected chi connectivity index (χ2v) is 4.17. The van der Waals surface area contributed by atoms with E-state index in [1.165, 1.54) is 0 Å². The molecule has 0 N–H and O–H groups in total. The summed E-state index contributed by atoms with van der Waals surface area (Å²) in [6, 6.07) is 14.8. The fraction of sp³-hybridized carbons (Fsp3) is 0. The topological polar surface area (TPSA) is 17.1 Å². The summed E-state index contributed by atoms with van der Waals surface area (Å²) in [5.74, 6) is -0.927. The molecular weight excluding hydrogens is 251 g/mol. The minimum atomic E-state index is -0.546. The van der Waals surface area contributed by atoms with Gasteiger partial charge >= 0.3 is 0 Å². The number of benzene rings is 2. The summed E-state index contributed by atoms with van der Waals surface area (Å²) in [5.41, 5.74) is 0.797. The number of hydrogen-bond acceptors (Lipinski definition) is 1. The maximum absolute atomic E-state index is 13.8. The Morgan fingerprint density at radius 2 is 1.56 bits per heavy atom. The number of ketones is 1. The lowest BCUT2D eigenvalue weighted by atomic mass is 10.1. The molecule has 0 aliphatic carbocycles. The van der Waals surface area contributed by atoms with Crippen LogP contribution < -0.4 is 0 Å². The number of hydrogen-bond donors (Lipinski definition) is 0. The SMILES string of the molecule is O=C(/C=C(\F)c1ccccc1)c1ccc(Cl)cc1. The predicted molar refractivity (Wildman–Crippen MR) is 71.3 cm³/mol. The molecule has 0 amide bonds. The molecule has 2 rings (SSSR count). The monoisotopic (exact) mass is 260 g/mol. The first-order valence-electron chi connectivity index (χ1n) is 5.39. The van der Waals surface area contributed by atoms with Crippen LogP contribution in [0.3, 0.4) is 0 Å². The Kier molecular flexibility index (Phi) is 3.90. The first kappa shape index (κ1) is 12.5. The zero-order valence-corrected chi connectivity index (χ0v) is 10.2. The van der Waals surface area contributed by atoms with Crippen molar-refractivity contribution in [2.24, 2.45) is 0 Å². The van der Waals surface area contributed by atoms with Crippen molar-refractivity contribution in [1.29, 1.82) is 0 Å². The molecule has 0 aromatic heterocycles. The molecule has 0 spiro atoms. The standard InChI is InChI=1S/C15H10ClFO/c16-13-8-6-12(7-9-13)15(18)10-14(17)11-4-2-1-3-5-11/h1-10H/b14-10-. The first-order valence-corrected chi connectivity index (χ1v) is 5.77. The Balaban J connectivity index is 2.23. The van der Waals surface area contributed by atoms with E-state index in [0.29, 0.717) is 16.1 Å². The number of carbonyl (C=O) groups is 1. The lowest BCUT2D eigenvalue weighted by Crippen LogP contribution is -1.94. The molecule has 90 valence electrons. The van der Waals surface area contributed by atoms with Gasteiger partial charge in [0, 0.05) is 22.2 Å². The Labute approximate surface area is 110 Å². The van der Waals surface area contributed by atoms with Crippen LogP contribution >= 0.6 is 11.6 Å². The van der Waals surface area contributed by atoms with Gasteiger partial charge in [-0.3, -0.25) is 4.79 Å². The molecular formula is C15H10ClFO. The van der Waals surface area contributed by atoms with Gasteiger partial charge in [0.05, 0.1) is 0 Å². The van der Waals surface area contributed by atoms with Gasteiger partial charge in [0.2, 0.25) is 0 Å². The van der Waals surface area contributed by atoms with Crippen molar-refractivity contribution in [2.75, 3.05) is 0 Å². The van der Waals surface area contributed by atoms with E-state index >= 15 is 0 Å². The van der Waals surface area contributed by atoms with Gasteiger partial charge in [-0.1, -0.05) is 41.9 Å². The van der Waals surface area contributed by atoms with Crippen molar-refractivity contribution in [3.8, 4) is 0 Å². The van der Waals surface area contributed by atoms with Crippen molar-refractivity contribution in [1.82, 2.24) is 0 Å². The third-order valence-corrected chi connectivity index (χ3v) is 2.69. The quantitative estimate of drug-likeness (QED) is 0.585. The Morgan fingerprint density at radius 3 is 2.17 bits per heavy atom. The van der Waals surface area contributed by atoms with E-state index in [0.717, 1.165) is 6.08 Å². The summed E-state index contributed by atoms with van der Waals surface area (Å²) in [5, 5.41) is 0.541. The molecule has 18 heavy (non-hydrogen) atoms. The third-order valence-electron chi connectivity index (χ3n) is 2.44. The van der Waals surface area contributed by atoms with Crippen molar-refractivity contribution in [2.45, 2.75) is 0 Å². The fourth-order valence-corrected chi connectivity index (χ4v) is 1.62. The second kappa shape index (κ2) is 5.61. The van der Waals surface area contributed by atoms with Crippen LogP contribution in [-0.2, 0) is 0 Å². The summed E-state index contributed by atoms with van der Waals surface area (Å²) in [7, 11) is 0. The summed E-state index contributed by atoms with van der Waals surface area (Å²) in [4.78, 5) is 11.8. The van der Waals surface area contributed by atoms with Crippen molar-refractivity contribution in [3.63, 3.8) is 0 Å². The lowest BCUT2D eigenvalue weighted by Gasteiger charge is -1.98. The molecule has 2 aromatic carbocycles. The van der Waals surface area contributed by atoms with E-state index in [1.807, 2.05) is 0 Å². The van der Waals surface area contributed by atoms with Gasteiger partial charge in [-0.2, -0.15) is 0 Å². The molecule has 0 atom stereocenters. The molecule has 2 aromatic rings. The highest BCUT2D eigenvalue weighted by atomic mass is 35.5. The third kappa shape index (κ3) is 3.05. The minimum absolute atomic E-state index is 0.381. The molecule has 0 radical (unpaired) electrons. The van der Waals surface area contributed by atoms with E-state index < -0.39 is 5.83 Å². The molecule has 0 saturated carbocycles. The van der Waals surface area contributed by atoms with Gasteiger partial charge in [-0.25, -0.2) is 4.39 Å². The summed E-state index contributed by atoms with van der Waals surface area (Å²) >= 11 is 5.72. The fourth-order valence-electron chi connectivity index (χ4n) is 1.49. The van der Waals surface area contributed by atoms with Crippen molar-refractivity contribution >= 4 is 23.2 Å². The van der Waals surface area contributed by atoms with E-state index in [-0.39, 0.29) is 5.78 Å². The molecule has 1 nitrogen and oxygen atoms in total. The molecule has 3 heteroatoms. The molecule has 0 aliphatic rings. The van der Waals surface area contributed by atoms with Gasteiger partial charge < -0.3 is 0 Å². The molecule has 0 fully saturated rings. The number of rotatable bonds is 3. The number of carbonyl (C=O) groups excluding carboxylic acids is 1. The van der Waals surface area contributed by atoms with E-state index in [4.69, 9.17) is 11.6 Å². The normalized spacial score (nSPS) is 11.3. The van der Waals surface area contributed by atoms with Gasteiger partial charge in [0.1, 0.15) is 5.83 Å². The van der Waals surface area contributed by atoms with Crippen molar-refractivity contribution in [3.05, 3.63) is 76.8 Å². The highest BCUT2D eigenvalue weighted by molar-refractivity contribution is 6.30. The first-order chi connectivity index (χ1) is 8.66. The highest BCUT2D eigenvalue weighted by Gasteiger charge is 2.06. The molecule has 0 bridgehead atoms. The Hall–Kier alpha value is -1.93. The van der Waals surface area contributed by atoms with Gasteiger partial charge in [0.15, 0.2) is 5.78 Å². The Bertz CT molecular complexity index is 573. The predicted octanol–water partition coefficient (Wildman–Crippen LogP) is 4.53. The van der Waals surface area contributed by atoms with E-state index in [2.05, 4.69) is 0 Å². The molecule has 0 aliphatic heterocycles. The maximum atomic E-state index is 13.8. The van der Waals surface area contributed by atoms with Crippen LogP contribution in [0, 0.1) is 0 Å². The highest BCUT2D eigenvalue weighted by Crippen LogP contribution is 2.17. The molecule has 0 saturated heterocycles. The second-order valence-electron chi connectivity index (χ2n) is 3.73. The van der Waals surface area contributed by atoms with Crippen LogP contribution in [0.1, 0.15) is 15.9 Å². The van der Waals surface area contributed by atoms with Gasteiger partial charge in [-0.05, 0) is 24.3 Å². The van der Waals surface area contributed by atoms with Gasteiger partial charge in [0.25, 0.3) is 0 Å². The molecule has 0 heterocycles. The van der Waals surface area contributed by atoms with Gasteiger partial charge in [-0.15, -0.1) is 0 Å². The van der Waals surface area contributed by atoms with E-state index in [1.54, 1.807) is 54.6 Å². The number of halogens is 2. The molecule has 0 unspecified atom stereocenters. The Morgan fingerprint density at radius 1 is 0.944 bits per heavy atom. The van der Waals surface area contributed by atoms with Crippen molar-refractivity contribution < 1.29 is 9.18 Å². The largest absolute Gasteiger partial charge is 0.289 e. The average Bonchev–Trinajstić information content (AvgIpc) is 2.40. The minimum Gasteiger partial charge on any atom is -0.289 e. The zero-order valence-electron chi connectivity index (χ0n) is 9.44.